The molecule has 1 N–H and O–H groups in total. The molecule has 1 aliphatic rings. The van der Waals surface area contributed by atoms with Gasteiger partial charge < -0.3 is 14.2 Å². The molecule has 16 heavy (non-hydrogen) atoms. The predicted octanol–water partition coefficient (Wildman–Crippen LogP) is 2.28. The van der Waals surface area contributed by atoms with Gasteiger partial charge in [-0.3, -0.25) is 0 Å². The van der Waals surface area contributed by atoms with E-state index >= 15 is 0 Å². The molecule has 0 bridgehead atoms. The smallest absolute Gasteiger partial charge is 0.395 e. The van der Waals surface area contributed by atoms with Gasteiger partial charge in [-0.25, -0.2) is 0 Å². The van der Waals surface area contributed by atoms with Crippen molar-refractivity contribution >= 4 is 8.56 Å². The summed E-state index contributed by atoms with van der Waals surface area (Å²) in [4.78, 5) is 0. The number of hydrogen-bond donors (Lipinski definition) is 1. The Hall–Kier alpha value is -0.843. The fourth-order valence-corrected chi connectivity index (χ4v) is 4.17. The van der Waals surface area contributed by atoms with Crippen LogP contribution in [0.25, 0.3) is 0 Å². The highest BCUT2D eigenvalue weighted by Gasteiger charge is 2.36. The van der Waals surface area contributed by atoms with Crippen molar-refractivity contribution in [3.8, 4) is 5.75 Å². The van der Waals surface area contributed by atoms with E-state index in [1.54, 1.807) is 0 Å². The second-order valence-electron chi connectivity index (χ2n) is 4.34. The van der Waals surface area contributed by atoms with Gasteiger partial charge in [0.25, 0.3) is 0 Å². The van der Waals surface area contributed by atoms with E-state index in [4.69, 9.17) is 8.85 Å². The van der Waals surface area contributed by atoms with Crippen LogP contribution in [0.15, 0.2) is 24.3 Å². The second kappa shape index (κ2) is 4.99. The van der Waals surface area contributed by atoms with Gasteiger partial charge in [0.05, 0.1) is 6.61 Å². The lowest BCUT2D eigenvalue weighted by Gasteiger charge is -2.33. The monoisotopic (exact) mass is 237 g/mol. The molecular weight excluding hydrogens is 218 g/mol. The summed E-state index contributed by atoms with van der Waals surface area (Å²) in [6.07, 6.45) is 1.11. The molecule has 0 saturated carbocycles. The van der Waals surface area contributed by atoms with Crippen LogP contribution in [-0.4, -0.2) is 22.2 Å². The predicted molar refractivity (Wildman–Crippen MR) is 66.8 cm³/mol. The second-order valence-corrected chi connectivity index (χ2v) is 7.60. The van der Waals surface area contributed by atoms with Crippen molar-refractivity contribution in [1.29, 1.82) is 0 Å². The van der Waals surface area contributed by atoms with Crippen molar-refractivity contribution < 1.29 is 8.85 Å². The van der Waals surface area contributed by atoms with Crippen molar-refractivity contribution in [2.75, 3.05) is 13.6 Å². The maximum absolute atomic E-state index is 6.05. The summed E-state index contributed by atoms with van der Waals surface area (Å²) in [5.41, 5.74) is 1.17. The molecule has 1 atom stereocenters. The lowest BCUT2D eigenvalue weighted by molar-refractivity contribution is 0.204. The van der Waals surface area contributed by atoms with Crippen molar-refractivity contribution in [3.05, 3.63) is 29.8 Å². The van der Waals surface area contributed by atoms with Gasteiger partial charge in [0.2, 0.25) is 0 Å². The average Bonchev–Trinajstić information content (AvgIpc) is 2.29. The molecule has 0 aliphatic carbocycles. The van der Waals surface area contributed by atoms with Crippen LogP contribution in [0.3, 0.4) is 0 Å². The molecule has 0 fully saturated rings. The van der Waals surface area contributed by atoms with Crippen LogP contribution in [0.5, 0.6) is 5.75 Å². The fraction of sp³-hybridized carbons (Fsp3) is 0.500. The third-order valence-electron chi connectivity index (χ3n) is 2.89. The summed E-state index contributed by atoms with van der Waals surface area (Å²) in [6, 6.07) is 9.20. The molecule has 88 valence electrons. The molecule has 1 aliphatic heterocycles. The first-order valence-corrected chi connectivity index (χ1v) is 8.31. The Morgan fingerprint density at radius 3 is 3.00 bits per heavy atom. The maximum Gasteiger partial charge on any atom is 0.395 e. The number of fused-ring (bicyclic) bond motifs is 1. The Morgan fingerprint density at radius 2 is 2.19 bits per heavy atom. The first kappa shape index (κ1) is 11.6. The third-order valence-corrected chi connectivity index (χ3v) is 5.56. The largest absolute Gasteiger partial charge is 0.520 e. The zero-order valence-electron chi connectivity index (χ0n) is 9.95. The Bertz CT molecular complexity index is 359. The van der Waals surface area contributed by atoms with Crippen LogP contribution in [0.2, 0.25) is 12.6 Å². The van der Waals surface area contributed by atoms with E-state index in [-0.39, 0.29) is 0 Å². The number of benzene rings is 1. The quantitative estimate of drug-likeness (QED) is 0.644. The summed E-state index contributed by atoms with van der Waals surface area (Å²) in [5.74, 6) is 1.02. The summed E-state index contributed by atoms with van der Waals surface area (Å²) < 4.78 is 12.0. The van der Waals surface area contributed by atoms with Crippen molar-refractivity contribution in [3.63, 3.8) is 0 Å². The zero-order valence-corrected chi connectivity index (χ0v) is 11.0. The van der Waals surface area contributed by atoms with Gasteiger partial charge in [0.15, 0.2) is 0 Å². The minimum atomic E-state index is -1.97. The van der Waals surface area contributed by atoms with Crippen molar-refractivity contribution in [2.24, 2.45) is 0 Å². The van der Waals surface area contributed by atoms with E-state index in [1.807, 2.05) is 25.2 Å². The molecule has 1 unspecified atom stereocenters. The highest BCUT2D eigenvalue weighted by molar-refractivity contribution is 6.66. The Morgan fingerprint density at radius 1 is 1.38 bits per heavy atom. The first-order chi connectivity index (χ1) is 7.73. The van der Waals surface area contributed by atoms with E-state index in [1.165, 1.54) is 5.56 Å². The highest BCUT2D eigenvalue weighted by Crippen LogP contribution is 2.31. The Balaban J connectivity index is 2.00. The van der Waals surface area contributed by atoms with E-state index in [0.29, 0.717) is 6.61 Å². The standard InChI is InChI=1S/C12H19NO2Si/c1-13-8-5-9-16(2)14-10-11-6-3-4-7-12(11)15-16/h3-4,6-7,13H,5,8-10H2,1-2H3. The molecule has 0 amide bonds. The number of rotatable bonds is 4. The van der Waals surface area contributed by atoms with E-state index in [9.17, 15) is 0 Å². The summed E-state index contributed by atoms with van der Waals surface area (Å²) in [6.45, 7) is 3.88. The van der Waals surface area contributed by atoms with Crippen molar-refractivity contribution in [1.82, 2.24) is 5.32 Å². The molecule has 1 aromatic rings. The lowest BCUT2D eigenvalue weighted by Crippen LogP contribution is -2.44. The molecule has 0 saturated heterocycles. The lowest BCUT2D eigenvalue weighted by atomic mass is 10.2. The van der Waals surface area contributed by atoms with Gasteiger partial charge in [-0.05, 0) is 32.6 Å². The zero-order chi connectivity index (χ0) is 11.4. The number of nitrogens with one attached hydrogen (secondary N) is 1. The molecule has 3 nitrogen and oxygen atoms in total. The molecule has 1 aromatic carbocycles. The normalized spacial score (nSPS) is 23.6. The Kier molecular flexibility index (Phi) is 3.63. The van der Waals surface area contributed by atoms with Crippen LogP contribution >= 0.6 is 0 Å². The minimum Gasteiger partial charge on any atom is -0.520 e. The van der Waals surface area contributed by atoms with Crippen LogP contribution < -0.4 is 9.74 Å². The van der Waals surface area contributed by atoms with Crippen molar-refractivity contribution in [2.45, 2.75) is 25.6 Å². The summed E-state index contributed by atoms with van der Waals surface area (Å²) in [7, 11) is 0.00893. The third kappa shape index (κ3) is 2.64. The van der Waals surface area contributed by atoms with Gasteiger partial charge in [-0.1, -0.05) is 18.2 Å². The SMILES string of the molecule is CNCCC[Si]1(C)OCc2ccccc2O1. The molecule has 2 rings (SSSR count). The summed E-state index contributed by atoms with van der Waals surface area (Å²) >= 11 is 0. The topological polar surface area (TPSA) is 30.5 Å². The number of para-hydroxylation sites is 1. The molecular formula is C12H19NO2Si. The first-order valence-electron chi connectivity index (χ1n) is 5.79. The number of hydrogen-bond acceptors (Lipinski definition) is 3. The maximum atomic E-state index is 6.05. The van der Waals surface area contributed by atoms with Crippen LogP contribution in [0, 0.1) is 0 Å². The highest BCUT2D eigenvalue weighted by atomic mass is 28.4. The van der Waals surface area contributed by atoms with Crippen LogP contribution in [0.4, 0.5) is 0 Å². The van der Waals surface area contributed by atoms with Crippen LogP contribution in [0.1, 0.15) is 12.0 Å². The van der Waals surface area contributed by atoms with E-state index in [0.717, 1.165) is 24.8 Å². The average molecular weight is 237 g/mol. The Labute approximate surface area is 98.0 Å². The molecule has 4 heteroatoms. The van der Waals surface area contributed by atoms with E-state index < -0.39 is 8.56 Å². The van der Waals surface area contributed by atoms with Crippen LogP contribution in [-0.2, 0) is 11.0 Å². The molecule has 1 heterocycles. The molecule has 0 spiro atoms. The van der Waals surface area contributed by atoms with Gasteiger partial charge in [0.1, 0.15) is 5.75 Å². The van der Waals surface area contributed by atoms with Gasteiger partial charge in [0, 0.05) is 11.6 Å². The van der Waals surface area contributed by atoms with E-state index in [2.05, 4.69) is 17.9 Å². The van der Waals surface area contributed by atoms with Gasteiger partial charge in [-0.15, -0.1) is 0 Å². The minimum absolute atomic E-state index is 0.707. The van der Waals surface area contributed by atoms with Gasteiger partial charge in [-0.2, -0.15) is 0 Å². The molecule has 0 aromatic heterocycles. The molecule has 0 radical (unpaired) electrons. The fourth-order valence-electron chi connectivity index (χ4n) is 1.92. The summed E-state index contributed by atoms with van der Waals surface area (Å²) in [5, 5.41) is 3.15. The van der Waals surface area contributed by atoms with Gasteiger partial charge >= 0.3 is 8.56 Å².